The summed E-state index contributed by atoms with van der Waals surface area (Å²) >= 11 is 0. The number of rotatable bonds is 4. The van der Waals surface area contributed by atoms with E-state index in [0.29, 0.717) is 25.1 Å². The van der Waals surface area contributed by atoms with Crippen LogP contribution < -0.4 is 5.73 Å². The number of benzene rings is 1. The molecular weight excluding hydrogens is 264 g/mol. The lowest BCUT2D eigenvalue weighted by Gasteiger charge is -2.37. The van der Waals surface area contributed by atoms with Crippen LogP contribution in [0.5, 0.6) is 0 Å². The maximum absolute atomic E-state index is 12.5. The van der Waals surface area contributed by atoms with Crippen molar-refractivity contribution >= 4 is 5.91 Å². The third-order valence-electron chi connectivity index (χ3n) is 4.22. The van der Waals surface area contributed by atoms with Crippen molar-refractivity contribution in [2.75, 3.05) is 13.1 Å². The monoisotopic (exact) mass is 290 g/mol. The molecule has 4 heteroatoms. The Hall–Kier alpha value is -1.39. The summed E-state index contributed by atoms with van der Waals surface area (Å²) in [6, 6.07) is 9.31. The first-order chi connectivity index (χ1) is 9.97. The Kier molecular flexibility index (Phi) is 5.37. The van der Waals surface area contributed by atoms with Crippen LogP contribution in [-0.4, -0.2) is 41.1 Å². The highest BCUT2D eigenvalue weighted by Gasteiger charge is 2.30. The summed E-state index contributed by atoms with van der Waals surface area (Å²) < 4.78 is 0. The quantitative estimate of drug-likeness (QED) is 0.890. The topological polar surface area (TPSA) is 66.6 Å². The summed E-state index contributed by atoms with van der Waals surface area (Å²) in [5, 5.41) is 10.1. The molecule has 0 aliphatic carbocycles. The van der Waals surface area contributed by atoms with E-state index in [9.17, 15) is 9.90 Å². The zero-order valence-electron chi connectivity index (χ0n) is 12.9. The highest BCUT2D eigenvalue weighted by molar-refractivity contribution is 5.94. The summed E-state index contributed by atoms with van der Waals surface area (Å²) in [7, 11) is 0. The predicted molar refractivity (Wildman–Crippen MR) is 83.9 cm³/mol. The number of carbonyl (C=O) groups is 1. The van der Waals surface area contributed by atoms with Gasteiger partial charge in [-0.1, -0.05) is 32.0 Å². The van der Waals surface area contributed by atoms with E-state index in [1.165, 1.54) is 0 Å². The Morgan fingerprint density at radius 2 is 2.00 bits per heavy atom. The maximum Gasteiger partial charge on any atom is 0.253 e. The standard InChI is InChI=1S/C17H26N2O2/c1-12(2)16(20)9-13-8-15(18)11-19(10-13)17(21)14-6-4-3-5-7-14/h3-7,12-13,15-16,20H,8-11,18H2,1-2H3. The van der Waals surface area contributed by atoms with Crippen LogP contribution in [0.1, 0.15) is 37.0 Å². The molecule has 0 bridgehead atoms. The van der Waals surface area contributed by atoms with E-state index in [0.717, 1.165) is 6.42 Å². The van der Waals surface area contributed by atoms with Gasteiger partial charge >= 0.3 is 0 Å². The van der Waals surface area contributed by atoms with Gasteiger partial charge in [-0.2, -0.15) is 0 Å². The van der Waals surface area contributed by atoms with E-state index < -0.39 is 0 Å². The smallest absolute Gasteiger partial charge is 0.253 e. The van der Waals surface area contributed by atoms with Crippen LogP contribution in [-0.2, 0) is 0 Å². The van der Waals surface area contributed by atoms with Crippen molar-refractivity contribution in [3.05, 3.63) is 35.9 Å². The molecule has 1 fully saturated rings. The summed E-state index contributed by atoms with van der Waals surface area (Å²) in [6.45, 7) is 5.31. The first-order valence-electron chi connectivity index (χ1n) is 7.75. The fourth-order valence-electron chi connectivity index (χ4n) is 2.96. The molecule has 1 amide bonds. The second-order valence-corrected chi connectivity index (χ2v) is 6.49. The predicted octanol–water partition coefficient (Wildman–Crippen LogP) is 1.88. The molecule has 0 aromatic heterocycles. The van der Waals surface area contributed by atoms with Gasteiger partial charge in [0.1, 0.15) is 0 Å². The molecule has 3 atom stereocenters. The van der Waals surface area contributed by atoms with Crippen molar-refractivity contribution in [2.24, 2.45) is 17.6 Å². The van der Waals surface area contributed by atoms with E-state index in [-0.39, 0.29) is 29.9 Å². The number of aliphatic hydroxyl groups is 1. The Labute approximate surface area is 126 Å². The minimum atomic E-state index is -0.325. The number of aliphatic hydroxyl groups excluding tert-OH is 1. The maximum atomic E-state index is 12.5. The number of amides is 1. The number of likely N-dealkylation sites (tertiary alicyclic amines) is 1. The highest BCUT2D eigenvalue weighted by atomic mass is 16.3. The second kappa shape index (κ2) is 7.05. The van der Waals surface area contributed by atoms with E-state index in [1.807, 2.05) is 49.1 Å². The van der Waals surface area contributed by atoms with Gasteiger partial charge in [0.05, 0.1) is 6.10 Å². The number of hydrogen-bond acceptors (Lipinski definition) is 3. The van der Waals surface area contributed by atoms with Crippen LogP contribution in [0.2, 0.25) is 0 Å². The van der Waals surface area contributed by atoms with Gasteiger partial charge in [-0.05, 0) is 36.8 Å². The number of nitrogens with two attached hydrogens (primary N) is 1. The van der Waals surface area contributed by atoms with Crippen LogP contribution in [0.4, 0.5) is 0 Å². The molecule has 21 heavy (non-hydrogen) atoms. The zero-order valence-corrected chi connectivity index (χ0v) is 12.9. The van der Waals surface area contributed by atoms with Gasteiger partial charge in [-0.15, -0.1) is 0 Å². The average Bonchev–Trinajstić information content (AvgIpc) is 2.46. The Bertz CT molecular complexity index is 461. The number of nitrogens with zero attached hydrogens (tertiary/aromatic N) is 1. The lowest BCUT2D eigenvalue weighted by molar-refractivity contribution is 0.0500. The summed E-state index contributed by atoms with van der Waals surface area (Å²) in [5.74, 6) is 0.551. The van der Waals surface area contributed by atoms with Crippen molar-refractivity contribution in [1.82, 2.24) is 4.90 Å². The molecule has 0 saturated carbocycles. The number of piperidine rings is 1. The molecule has 1 aliphatic heterocycles. The molecular formula is C17H26N2O2. The minimum Gasteiger partial charge on any atom is -0.393 e. The summed E-state index contributed by atoms with van der Waals surface area (Å²) in [6.07, 6.45) is 1.26. The van der Waals surface area contributed by atoms with Crippen molar-refractivity contribution < 1.29 is 9.90 Å². The van der Waals surface area contributed by atoms with Gasteiger partial charge in [0, 0.05) is 24.7 Å². The lowest BCUT2D eigenvalue weighted by atomic mass is 9.87. The van der Waals surface area contributed by atoms with Crippen molar-refractivity contribution in [3.63, 3.8) is 0 Å². The normalized spacial score (nSPS) is 24.1. The Morgan fingerprint density at radius 1 is 1.33 bits per heavy atom. The van der Waals surface area contributed by atoms with Gasteiger partial charge in [0.25, 0.3) is 5.91 Å². The first kappa shape index (κ1) is 16.0. The fraction of sp³-hybridized carbons (Fsp3) is 0.588. The van der Waals surface area contributed by atoms with Crippen LogP contribution >= 0.6 is 0 Å². The molecule has 0 spiro atoms. The summed E-state index contributed by atoms with van der Waals surface area (Å²) in [4.78, 5) is 14.4. The number of hydrogen-bond donors (Lipinski definition) is 2. The second-order valence-electron chi connectivity index (χ2n) is 6.49. The SMILES string of the molecule is CC(C)C(O)CC1CC(N)CN(C(=O)c2ccccc2)C1. The average molecular weight is 290 g/mol. The first-order valence-corrected chi connectivity index (χ1v) is 7.75. The highest BCUT2D eigenvalue weighted by Crippen LogP contribution is 2.24. The number of carbonyl (C=O) groups excluding carboxylic acids is 1. The van der Waals surface area contributed by atoms with E-state index in [1.54, 1.807) is 0 Å². The molecule has 116 valence electrons. The van der Waals surface area contributed by atoms with Crippen LogP contribution in [0.25, 0.3) is 0 Å². The van der Waals surface area contributed by atoms with Crippen molar-refractivity contribution in [2.45, 2.75) is 38.8 Å². The van der Waals surface area contributed by atoms with E-state index >= 15 is 0 Å². The van der Waals surface area contributed by atoms with Crippen molar-refractivity contribution in [3.8, 4) is 0 Å². The van der Waals surface area contributed by atoms with Gasteiger partial charge in [0.2, 0.25) is 0 Å². The van der Waals surface area contributed by atoms with Gasteiger partial charge < -0.3 is 15.7 Å². The fourth-order valence-corrected chi connectivity index (χ4v) is 2.96. The van der Waals surface area contributed by atoms with Gasteiger partial charge in [0.15, 0.2) is 0 Å². The van der Waals surface area contributed by atoms with Crippen molar-refractivity contribution in [1.29, 1.82) is 0 Å². The molecule has 1 aromatic rings. The summed E-state index contributed by atoms with van der Waals surface area (Å²) in [5.41, 5.74) is 6.81. The molecule has 1 aromatic carbocycles. The Morgan fingerprint density at radius 3 is 2.62 bits per heavy atom. The molecule has 0 radical (unpaired) electrons. The largest absolute Gasteiger partial charge is 0.393 e. The van der Waals surface area contributed by atoms with Crippen LogP contribution in [0, 0.1) is 11.8 Å². The minimum absolute atomic E-state index is 0.00391. The van der Waals surface area contributed by atoms with Crippen LogP contribution in [0.15, 0.2) is 30.3 Å². The van der Waals surface area contributed by atoms with E-state index in [4.69, 9.17) is 5.73 Å². The lowest BCUT2D eigenvalue weighted by Crippen LogP contribution is -2.50. The van der Waals surface area contributed by atoms with E-state index in [2.05, 4.69) is 0 Å². The van der Waals surface area contributed by atoms with Gasteiger partial charge in [-0.3, -0.25) is 4.79 Å². The molecule has 3 unspecified atom stereocenters. The molecule has 1 saturated heterocycles. The molecule has 1 aliphatic rings. The molecule has 3 N–H and O–H groups in total. The third kappa shape index (κ3) is 4.29. The third-order valence-corrected chi connectivity index (χ3v) is 4.22. The van der Waals surface area contributed by atoms with Crippen LogP contribution in [0.3, 0.4) is 0 Å². The molecule has 1 heterocycles. The molecule has 4 nitrogen and oxygen atoms in total. The van der Waals surface area contributed by atoms with Gasteiger partial charge in [-0.25, -0.2) is 0 Å². The zero-order chi connectivity index (χ0) is 15.4. The Balaban J connectivity index is 2.02. The molecule has 2 rings (SSSR count).